The molecule has 1 aromatic rings. The third-order valence-corrected chi connectivity index (χ3v) is 2.78. The van der Waals surface area contributed by atoms with Gasteiger partial charge in [-0.2, -0.15) is 0 Å². The van der Waals surface area contributed by atoms with Crippen molar-refractivity contribution in [1.82, 2.24) is 5.32 Å². The van der Waals surface area contributed by atoms with Crippen molar-refractivity contribution in [2.45, 2.75) is 26.3 Å². The molecule has 22 heavy (non-hydrogen) atoms. The van der Waals surface area contributed by atoms with E-state index in [1.165, 1.54) is 28.1 Å². The van der Waals surface area contributed by atoms with E-state index in [0.717, 1.165) is 5.56 Å². The van der Waals surface area contributed by atoms with Crippen molar-refractivity contribution in [3.63, 3.8) is 0 Å². The van der Waals surface area contributed by atoms with Crippen LogP contribution in [-0.4, -0.2) is 38.1 Å². The van der Waals surface area contributed by atoms with Crippen LogP contribution >= 0.6 is 0 Å². The number of rotatable bonds is 6. The molecule has 1 unspecified atom stereocenters. The Morgan fingerprint density at radius 3 is 2.32 bits per heavy atom. The molecular weight excluding hydrogens is 290 g/mol. The van der Waals surface area contributed by atoms with Gasteiger partial charge >= 0.3 is 11.9 Å². The van der Waals surface area contributed by atoms with Crippen LogP contribution in [0.1, 0.15) is 19.4 Å². The Morgan fingerprint density at radius 2 is 1.82 bits per heavy atom. The van der Waals surface area contributed by atoms with Gasteiger partial charge in [-0.1, -0.05) is 6.07 Å². The molecule has 0 saturated heterocycles. The zero-order chi connectivity index (χ0) is 16.7. The Morgan fingerprint density at radius 1 is 1.14 bits per heavy atom. The van der Waals surface area contributed by atoms with Crippen molar-refractivity contribution < 1.29 is 28.6 Å². The van der Waals surface area contributed by atoms with Crippen molar-refractivity contribution in [3.05, 3.63) is 23.8 Å². The maximum atomic E-state index is 11.7. The molecule has 1 aromatic carbocycles. The highest BCUT2D eigenvalue weighted by atomic mass is 16.6. The molecule has 0 aromatic heterocycles. The van der Waals surface area contributed by atoms with Crippen LogP contribution in [0.25, 0.3) is 0 Å². The zero-order valence-electron chi connectivity index (χ0n) is 13.0. The summed E-state index contributed by atoms with van der Waals surface area (Å²) in [5.41, 5.74) is 0.719. The summed E-state index contributed by atoms with van der Waals surface area (Å²) in [5, 5.41) is 2.52. The molecule has 1 rings (SSSR count). The first kappa shape index (κ1) is 17.5. The zero-order valence-corrected chi connectivity index (χ0v) is 13.0. The highest BCUT2D eigenvalue weighted by Gasteiger charge is 2.21. The second kappa shape index (κ2) is 8.02. The van der Waals surface area contributed by atoms with E-state index in [2.05, 4.69) is 10.1 Å². The van der Waals surface area contributed by atoms with Gasteiger partial charge in [0.05, 0.1) is 14.2 Å². The van der Waals surface area contributed by atoms with Gasteiger partial charge in [-0.3, -0.25) is 9.59 Å². The Hall–Kier alpha value is -2.57. The van der Waals surface area contributed by atoms with E-state index in [0.29, 0.717) is 5.75 Å². The van der Waals surface area contributed by atoms with E-state index in [4.69, 9.17) is 9.47 Å². The van der Waals surface area contributed by atoms with Crippen LogP contribution in [0.2, 0.25) is 0 Å². The molecule has 0 radical (unpaired) electrons. The number of nitrogens with one attached hydrogen (secondary N) is 1. The van der Waals surface area contributed by atoms with Crippen LogP contribution in [0.15, 0.2) is 18.2 Å². The lowest BCUT2D eigenvalue weighted by atomic mass is 10.1. The van der Waals surface area contributed by atoms with Gasteiger partial charge in [-0.05, 0) is 17.7 Å². The summed E-state index contributed by atoms with van der Waals surface area (Å²) in [6.07, 6.45) is 0.225. The SMILES string of the molecule is COC(=O)C(Cc1ccc(OC(C)=O)c(OC)c1)NC(C)=O. The fourth-order valence-corrected chi connectivity index (χ4v) is 1.89. The summed E-state index contributed by atoms with van der Waals surface area (Å²) in [7, 11) is 2.69. The summed E-state index contributed by atoms with van der Waals surface area (Å²) < 4.78 is 14.8. The van der Waals surface area contributed by atoms with Gasteiger partial charge < -0.3 is 19.5 Å². The number of esters is 2. The first-order valence-corrected chi connectivity index (χ1v) is 6.57. The summed E-state index contributed by atoms with van der Waals surface area (Å²) in [4.78, 5) is 33.9. The highest BCUT2D eigenvalue weighted by molar-refractivity contribution is 5.83. The van der Waals surface area contributed by atoms with Gasteiger partial charge in [0.25, 0.3) is 0 Å². The number of methoxy groups -OCH3 is 2. The van der Waals surface area contributed by atoms with Crippen molar-refractivity contribution >= 4 is 17.8 Å². The van der Waals surface area contributed by atoms with E-state index >= 15 is 0 Å². The molecule has 1 atom stereocenters. The summed E-state index contributed by atoms with van der Waals surface area (Å²) >= 11 is 0. The normalized spacial score (nSPS) is 11.3. The maximum absolute atomic E-state index is 11.7. The third-order valence-electron chi connectivity index (χ3n) is 2.78. The molecule has 1 amide bonds. The standard InChI is InChI=1S/C15H19NO6/c1-9(17)16-12(15(19)21-4)7-11-5-6-13(22-10(2)18)14(8-11)20-3/h5-6,8,12H,7H2,1-4H3,(H,16,17). The Labute approximate surface area is 128 Å². The molecule has 0 saturated carbocycles. The van der Waals surface area contributed by atoms with Gasteiger partial charge in [0.15, 0.2) is 11.5 Å². The van der Waals surface area contributed by atoms with E-state index in [9.17, 15) is 14.4 Å². The molecule has 7 nitrogen and oxygen atoms in total. The molecule has 0 aliphatic rings. The van der Waals surface area contributed by atoms with E-state index in [1.807, 2.05) is 0 Å². The Kier molecular flexibility index (Phi) is 6.37. The minimum absolute atomic E-state index is 0.225. The average molecular weight is 309 g/mol. The monoisotopic (exact) mass is 309 g/mol. The Balaban J connectivity index is 2.97. The second-order valence-corrected chi connectivity index (χ2v) is 4.56. The smallest absolute Gasteiger partial charge is 0.328 e. The molecule has 0 heterocycles. The van der Waals surface area contributed by atoms with Crippen molar-refractivity contribution in [2.75, 3.05) is 14.2 Å². The molecule has 1 N–H and O–H groups in total. The summed E-state index contributed by atoms with van der Waals surface area (Å²) in [6, 6.07) is 4.08. The van der Waals surface area contributed by atoms with Crippen LogP contribution in [0.3, 0.4) is 0 Å². The maximum Gasteiger partial charge on any atom is 0.328 e. The molecular formula is C15H19NO6. The predicted octanol–water partition coefficient (Wildman–Crippen LogP) is 0.841. The van der Waals surface area contributed by atoms with Gasteiger partial charge in [0.2, 0.25) is 5.91 Å². The first-order chi connectivity index (χ1) is 10.4. The summed E-state index contributed by atoms with van der Waals surface area (Å²) in [6.45, 7) is 2.61. The molecule has 0 fully saturated rings. The van der Waals surface area contributed by atoms with Crippen molar-refractivity contribution in [2.24, 2.45) is 0 Å². The lowest BCUT2D eigenvalue weighted by Gasteiger charge is -2.16. The van der Waals surface area contributed by atoms with Gasteiger partial charge in [0, 0.05) is 20.3 Å². The average Bonchev–Trinajstić information content (AvgIpc) is 2.46. The predicted molar refractivity (Wildman–Crippen MR) is 77.6 cm³/mol. The minimum Gasteiger partial charge on any atom is -0.493 e. The van der Waals surface area contributed by atoms with E-state index < -0.39 is 18.0 Å². The van der Waals surface area contributed by atoms with Crippen LogP contribution < -0.4 is 14.8 Å². The van der Waals surface area contributed by atoms with Gasteiger partial charge in [0.1, 0.15) is 6.04 Å². The fourth-order valence-electron chi connectivity index (χ4n) is 1.89. The molecule has 0 spiro atoms. The number of carbonyl (C=O) groups excluding carboxylic acids is 3. The first-order valence-electron chi connectivity index (χ1n) is 6.57. The lowest BCUT2D eigenvalue weighted by Crippen LogP contribution is -2.41. The van der Waals surface area contributed by atoms with Crippen LogP contribution in [0, 0.1) is 0 Å². The third kappa shape index (κ3) is 5.08. The number of ether oxygens (including phenoxy) is 3. The summed E-state index contributed by atoms with van der Waals surface area (Å²) in [5.74, 6) is -0.694. The van der Waals surface area contributed by atoms with Crippen LogP contribution in [0.4, 0.5) is 0 Å². The highest BCUT2D eigenvalue weighted by Crippen LogP contribution is 2.28. The lowest BCUT2D eigenvalue weighted by molar-refractivity contribution is -0.144. The molecule has 0 aliphatic heterocycles. The number of amides is 1. The number of carbonyl (C=O) groups is 3. The molecule has 0 aliphatic carbocycles. The van der Waals surface area contributed by atoms with E-state index in [1.54, 1.807) is 18.2 Å². The Bertz CT molecular complexity index is 569. The van der Waals surface area contributed by atoms with E-state index in [-0.39, 0.29) is 18.1 Å². The fraction of sp³-hybridized carbons (Fsp3) is 0.400. The molecule has 120 valence electrons. The van der Waals surface area contributed by atoms with Crippen LogP contribution in [0.5, 0.6) is 11.5 Å². The molecule has 7 heteroatoms. The topological polar surface area (TPSA) is 90.9 Å². The number of hydrogen-bond donors (Lipinski definition) is 1. The number of benzene rings is 1. The minimum atomic E-state index is -0.799. The van der Waals surface area contributed by atoms with Crippen LogP contribution in [-0.2, 0) is 25.5 Å². The van der Waals surface area contributed by atoms with Crippen molar-refractivity contribution in [1.29, 1.82) is 0 Å². The second-order valence-electron chi connectivity index (χ2n) is 4.56. The van der Waals surface area contributed by atoms with Gasteiger partial charge in [-0.25, -0.2) is 4.79 Å². The van der Waals surface area contributed by atoms with Gasteiger partial charge in [-0.15, -0.1) is 0 Å². The van der Waals surface area contributed by atoms with Crippen molar-refractivity contribution in [3.8, 4) is 11.5 Å². The largest absolute Gasteiger partial charge is 0.493 e. The number of hydrogen-bond acceptors (Lipinski definition) is 6. The quantitative estimate of drug-likeness (QED) is 0.618. The molecule has 0 bridgehead atoms.